The molecule has 5 nitrogen and oxygen atoms in total. The van der Waals surface area contributed by atoms with Crippen LogP contribution in [-0.4, -0.2) is 55.7 Å². The van der Waals surface area contributed by atoms with E-state index in [1.54, 1.807) is 6.07 Å². The average Bonchev–Trinajstić information content (AvgIpc) is 2.88. The second-order valence-electron chi connectivity index (χ2n) is 10.2. The number of ether oxygens (including phenoxy) is 1. The Hall–Kier alpha value is -2.74. The van der Waals surface area contributed by atoms with Gasteiger partial charge >= 0.3 is 6.18 Å². The third-order valence-corrected chi connectivity index (χ3v) is 7.83. The predicted octanol–water partition coefficient (Wildman–Crippen LogP) is 4.90. The van der Waals surface area contributed by atoms with Gasteiger partial charge in [-0.2, -0.15) is 13.2 Å². The monoisotopic (exact) mass is 501 g/mol. The molecule has 1 amide bonds. The first-order valence-electron chi connectivity index (χ1n) is 13.1. The van der Waals surface area contributed by atoms with Crippen LogP contribution in [0.4, 0.5) is 18.9 Å². The van der Waals surface area contributed by atoms with Crippen LogP contribution < -0.4 is 15.0 Å². The molecule has 8 heteroatoms. The van der Waals surface area contributed by atoms with Crippen LogP contribution in [0.25, 0.3) is 0 Å². The standard InChI is InChI=1S/C28H34F3N3O2/c29-28(30,31)21-11-12-25-20(17-21)18-24(27(35)32-22-7-3-1-4-8-22)26-19-33(13-14-34(25)26)15-16-36-23-9-5-2-6-10-23/h2,5-6,9-12,17,22,24,26H,1,3-4,7-8,13-16,18-19H2,(H,32,35)/t24-,26-/m1/s1. The lowest BCUT2D eigenvalue weighted by molar-refractivity contribution is -0.137. The minimum absolute atomic E-state index is 0.0256. The summed E-state index contributed by atoms with van der Waals surface area (Å²) in [6.45, 7) is 3.40. The summed E-state index contributed by atoms with van der Waals surface area (Å²) >= 11 is 0. The van der Waals surface area contributed by atoms with Gasteiger partial charge in [0.25, 0.3) is 0 Å². The Balaban J connectivity index is 1.33. The second kappa shape index (κ2) is 10.7. The molecule has 5 rings (SSSR count). The van der Waals surface area contributed by atoms with Crippen molar-refractivity contribution in [3.8, 4) is 5.75 Å². The highest BCUT2D eigenvalue weighted by molar-refractivity contribution is 5.82. The van der Waals surface area contributed by atoms with Gasteiger partial charge in [-0.05, 0) is 55.2 Å². The molecule has 1 saturated heterocycles. The van der Waals surface area contributed by atoms with Crippen molar-refractivity contribution in [1.29, 1.82) is 0 Å². The zero-order valence-electron chi connectivity index (χ0n) is 20.5. The van der Waals surface area contributed by atoms with Crippen molar-refractivity contribution in [2.24, 2.45) is 5.92 Å². The van der Waals surface area contributed by atoms with Crippen molar-refractivity contribution in [2.75, 3.05) is 37.7 Å². The Morgan fingerprint density at radius 1 is 1.03 bits per heavy atom. The van der Waals surface area contributed by atoms with Gasteiger partial charge in [-0.3, -0.25) is 9.69 Å². The predicted molar refractivity (Wildman–Crippen MR) is 133 cm³/mol. The lowest BCUT2D eigenvalue weighted by Gasteiger charge is -2.49. The van der Waals surface area contributed by atoms with Crippen LogP contribution in [0.5, 0.6) is 5.75 Å². The van der Waals surface area contributed by atoms with Crippen LogP contribution in [0.15, 0.2) is 48.5 Å². The summed E-state index contributed by atoms with van der Waals surface area (Å²) in [6, 6.07) is 13.8. The fourth-order valence-corrected chi connectivity index (χ4v) is 5.93. The molecule has 2 fully saturated rings. The van der Waals surface area contributed by atoms with Crippen LogP contribution >= 0.6 is 0 Å². The SMILES string of the molecule is O=C(NC1CCCCC1)[C@@H]1Cc2cc(C(F)(F)F)ccc2N2CCN(CCOc3ccccc3)C[C@H]12. The quantitative estimate of drug-likeness (QED) is 0.612. The van der Waals surface area contributed by atoms with Crippen molar-refractivity contribution >= 4 is 11.6 Å². The lowest BCUT2D eigenvalue weighted by Crippen LogP contribution is -2.62. The van der Waals surface area contributed by atoms with Crippen molar-refractivity contribution in [3.05, 3.63) is 59.7 Å². The number of amides is 1. The number of hydrogen-bond donors (Lipinski definition) is 1. The summed E-state index contributed by atoms with van der Waals surface area (Å²) in [5.41, 5.74) is 0.795. The van der Waals surface area contributed by atoms with E-state index in [9.17, 15) is 18.0 Å². The highest BCUT2D eigenvalue weighted by Gasteiger charge is 2.43. The van der Waals surface area contributed by atoms with E-state index in [4.69, 9.17) is 4.74 Å². The molecule has 194 valence electrons. The third kappa shape index (κ3) is 5.64. The van der Waals surface area contributed by atoms with Gasteiger partial charge in [-0.25, -0.2) is 0 Å². The highest BCUT2D eigenvalue weighted by Crippen LogP contribution is 2.40. The maximum absolute atomic E-state index is 13.5. The normalized spacial score (nSPS) is 23.0. The van der Waals surface area contributed by atoms with Gasteiger partial charge < -0.3 is 15.0 Å². The van der Waals surface area contributed by atoms with Crippen LogP contribution in [0.3, 0.4) is 0 Å². The molecule has 36 heavy (non-hydrogen) atoms. The number of nitrogens with zero attached hydrogens (tertiary/aromatic N) is 2. The molecule has 2 atom stereocenters. The summed E-state index contributed by atoms with van der Waals surface area (Å²) in [5, 5.41) is 3.25. The van der Waals surface area contributed by atoms with Gasteiger partial charge in [0.05, 0.1) is 17.5 Å². The summed E-state index contributed by atoms with van der Waals surface area (Å²) in [6.07, 6.45) is 1.29. The maximum atomic E-state index is 13.5. The number of carbonyl (C=O) groups is 1. The third-order valence-electron chi connectivity index (χ3n) is 7.83. The topological polar surface area (TPSA) is 44.8 Å². The van der Waals surface area contributed by atoms with E-state index in [1.807, 2.05) is 30.3 Å². The van der Waals surface area contributed by atoms with Crippen LogP contribution in [0, 0.1) is 5.92 Å². The number of rotatable bonds is 6. The first-order valence-corrected chi connectivity index (χ1v) is 13.1. The van der Waals surface area contributed by atoms with Gasteiger partial charge in [0, 0.05) is 37.9 Å². The Morgan fingerprint density at radius 3 is 2.56 bits per heavy atom. The smallest absolute Gasteiger partial charge is 0.416 e. The van der Waals surface area contributed by atoms with Gasteiger partial charge in [0.1, 0.15) is 12.4 Å². The number of para-hydroxylation sites is 1. The molecule has 0 aromatic heterocycles. The summed E-state index contributed by atoms with van der Waals surface area (Å²) < 4.78 is 46.2. The number of fused-ring (bicyclic) bond motifs is 3. The number of benzene rings is 2. The number of hydrogen-bond acceptors (Lipinski definition) is 4. The molecule has 0 unspecified atom stereocenters. The number of anilines is 1. The lowest BCUT2D eigenvalue weighted by atomic mass is 9.82. The Labute approximate surface area is 210 Å². The van der Waals surface area contributed by atoms with E-state index < -0.39 is 11.7 Å². The fourth-order valence-electron chi connectivity index (χ4n) is 5.93. The zero-order chi connectivity index (χ0) is 25.1. The zero-order valence-corrected chi connectivity index (χ0v) is 20.5. The molecule has 1 saturated carbocycles. The van der Waals surface area contributed by atoms with Crippen molar-refractivity contribution in [3.63, 3.8) is 0 Å². The van der Waals surface area contributed by atoms with Crippen LogP contribution in [-0.2, 0) is 17.4 Å². The maximum Gasteiger partial charge on any atom is 0.416 e. The molecular formula is C28H34F3N3O2. The molecule has 1 N–H and O–H groups in total. The second-order valence-corrected chi connectivity index (χ2v) is 10.2. The number of piperazine rings is 1. The van der Waals surface area contributed by atoms with Crippen molar-refractivity contribution in [1.82, 2.24) is 10.2 Å². The molecule has 1 aliphatic carbocycles. The molecule has 2 aromatic rings. The summed E-state index contributed by atoms with van der Waals surface area (Å²) in [7, 11) is 0. The number of halogens is 3. The van der Waals surface area contributed by atoms with E-state index in [2.05, 4.69) is 15.1 Å². The fraction of sp³-hybridized carbons (Fsp3) is 0.536. The molecule has 2 heterocycles. The Morgan fingerprint density at radius 2 is 1.81 bits per heavy atom. The Bertz CT molecular complexity index is 1040. The average molecular weight is 502 g/mol. The first kappa shape index (κ1) is 24.9. The Kier molecular flexibility index (Phi) is 7.42. The summed E-state index contributed by atoms with van der Waals surface area (Å²) in [5.74, 6) is 0.413. The van der Waals surface area contributed by atoms with Gasteiger partial charge in [0.15, 0.2) is 0 Å². The van der Waals surface area contributed by atoms with Crippen LogP contribution in [0.2, 0.25) is 0 Å². The number of nitrogens with one attached hydrogen (secondary N) is 1. The van der Waals surface area contributed by atoms with E-state index in [1.165, 1.54) is 18.6 Å². The van der Waals surface area contributed by atoms with E-state index >= 15 is 0 Å². The molecule has 2 aliphatic heterocycles. The van der Waals surface area contributed by atoms with Gasteiger partial charge in [-0.1, -0.05) is 37.5 Å². The van der Waals surface area contributed by atoms with E-state index in [-0.39, 0.29) is 23.9 Å². The van der Waals surface area contributed by atoms with Gasteiger partial charge in [0.2, 0.25) is 5.91 Å². The molecule has 0 radical (unpaired) electrons. The van der Waals surface area contributed by atoms with Crippen molar-refractivity contribution < 1.29 is 22.7 Å². The van der Waals surface area contributed by atoms with Gasteiger partial charge in [-0.15, -0.1) is 0 Å². The van der Waals surface area contributed by atoms with E-state index in [0.717, 1.165) is 50.2 Å². The van der Waals surface area contributed by atoms with E-state index in [0.29, 0.717) is 31.7 Å². The summed E-state index contributed by atoms with van der Waals surface area (Å²) in [4.78, 5) is 18.0. The molecule has 0 bridgehead atoms. The number of alkyl halides is 3. The van der Waals surface area contributed by atoms with Crippen molar-refractivity contribution in [2.45, 2.75) is 56.8 Å². The first-order chi connectivity index (χ1) is 17.4. The minimum Gasteiger partial charge on any atom is -0.492 e. The highest BCUT2D eigenvalue weighted by atomic mass is 19.4. The molecule has 0 spiro atoms. The molecule has 3 aliphatic rings. The van der Waals surface area contributed by atoms with Crippen LogP contribution in [0.1, 0.15) is 43.2 Å². The number of carbonyl (C=O) groups excluding carboxylic acids is 1. The molecular weight excluding hydrogens is 467 g/mol. The molecule has 2 aromatic carbocycles. The minimum atomic E-state index is -4.40. The largest absolute Gasteiger partial charge is 0.492 e.